The van der Waals surface area contributed by atoms with E-state index in [0.717, 1.165) is 55.5 Å². The zero-order chi connectivity index (χ0) is 16.8. The molecular weight excluding hydrogens is 336 g/mol. The number of halogens is 1. The highest BCUT2D eigenvalue weighted by Gasteiger charge is 2.22. The number of amides is 1. The van der Waals surface area contributed by atoms with Crippen LogP contribution in [0.3, 0.4) is 0 Å². The van der Waals surface area contributed by atoms with Crippen LogP contribution < -0.4 is 10.1 Å². The quantitative estimate of drug-likeness (QED) is 0.855. The second kappa shape index (κ2) is 9.64. The highest BCUT2D eigenvalue weighted by Crippen LogP contribution is 2.25. The van der Waals surface area contributed by atoms with Crippen LogP contribution in [0.5, 0.6) is 5.75 Å². The van der Waals surface area contributed by atoms with E-state index in [1.807, 2.05) is 35.2 Å². The highest BCUT2D eigenvalue weighted by molar-refractivity contribution is 5.88. The number of nitrogens with one attached hydrogen (secondary N) is 1. The molecule has 1 N–H and O–H groups in total. The van der Waals surface area contributed by atoms with E-state index in [0.29, 0.717) is 5.92 Å². The van der Waals surface area contributed by atoms with Gasteiger partial charge in [0.15, 0.2) is 6.61 Å². The average Bonchev–Trinajstić information content (AvgIpc) is 2.64. The second-order valence-corrected chi connectivity index (χ2v) is 6.40. The first-order chi connectivity index (χ1) is 11.8. The molecule has 1 fully saturated rings. The van der Waals surface area contributed by atoms with E-state index in [1.54, 1.807) is 0 Å². The van der Waals surface area contributed by atoms with Gasteiger partial charge in [0.25, 0.3) is 5.91 Å². The summed E-state index contributed by atoms with van der Waals surface area (Å²) in [5.74, 6) is 1.56. The predicted octanol–water partition coefficient (Wildman–Crippen LogP) is 3.49. The molecule has 3 rings (SSSR count). The summed E-state index contributed by atoms with van der Waals surface area (Å²) in [5.41, 5.74) is 0. The Morgan fingerprint density at radius 2 is 1.88 bits per heavy atom. The van der Waals surface area contributed by atoms with Gasteiger partial charge in [-0.3, -0.25) is 4.79 Å². The van der Waals surface area contributed by atoms with Crippen LogP contribution in [0.15, 0.2) is 42.5 Å². The van der Waals surface area contributed by atoms with E-state index in [9.17, 15) is 4.79 Å². The Balaban J connectivity index is 0.00000225. The molecule has 25 heavy (non-hydrogen) atoms. The summed E-state index contributed by atoms with van der Waals surface area (Å²) in [4.78, 5) is 14.4. The van der Waals surface area contributed by atoms with Gasteiger partial charge >= 0.3 is 0 Å². The van der Waals surface area contributed by atoms with Gasteiger partial charge in [-0.2, -0.15) is 0 Å². The number of hydrogen-bond acceptors (Lipinski definition) is 3. The predicted molar refractivity (Wildman–Crippen MR) is 105 cm³/mol. The number of carbonyl (C=O) groups excluding carboxylic acids is 1. The molecule has 2 aromatic carbocycles. The van der Waals surface area contributed by atoms with Crippen LogP contribution in [0.4, 0.5) is 0 Å². The van der Waals surface area contributed by atoms with Crippen molar-refractivity contribution in [3.05, 3.63) is 42.5 Å². The Morgan fingerprint density at radius 1 is 1.16 bits per heavy atom. The van der Waals surface area contributed by atoms with Crippen molar-refractivity contribution < 1.29 is 9.53 Å². The van der Waals surface area contributed by atoms with Crippen LogP contribution in [0.1, 0.15) is 19.8 Å². The van der Waals surface area contributed by atoms with Gasteiger partial charge in [-0.25, -0.2) is 0 Å². The molecule has 1 aliphatic heterocycles. The molecule has 1 saturated heterocycles. The SMILES string of the molecule is CCNCC1CCN(C(=O)COc2cccc3ccccc23)CC1.Cl. The number of carbonyl (C=O) groups is 1. The number of nitrogens with zero attached hydrogens (tertiary/aromatic N) is 1. The van der Waals surface area contributed by atoms with Gasteiger partial charge in [-0.1, -0.05) is 43.3 Å². The number of hydrogen-bond donors (Lipinski definition) is 1. The Hall–Kier alpha value is -1.78. The van der Waals surface area contributed by atoms with Crippen molar-refractivity contribution in [1.82, 2.24) is 10.2 Å². The van der Waals surface area contributed by atoms with Crippen molar-refractivity contribution in [1.29, 1.82) is 0 Å². The number of piperidine rings is 1. The van der Waals surface area contributed by atoms with Gasteiger partial charge in [-0.05, 0) is 43.3 Å². The minimum Gasteiger partial charge on any atom is -0.483 e. The number of ether oxygens (including phenoxy) is 1. The first-order valence-corrected chi connectivity index (χ1v) is 8.87. The van der Waals surface area contributed by atoms with Gasteiger partial charge in [0.1, 0.15) is 5.75 Å². The maximum absolute atomic E-state index is 12.4. The van der Waals surface area contributed by atoms with Gasteiger partial charge in [0, 0.05) is 18.5 Å². The Labute approximate surface area is 155 Å². The molecule has 0 spiro atoms. The van der Waals surface area contributed by atoms with Gasteiger partial charge in [-0.15, -0.1) is 12.4 Å². The molecule has 0 atom stereocenters. The molecule has 0 radical (unpaired) electrons. The maximum atomic E-state index is 12.4. The molecule has 4 nitrogen and oxygen atoms in total. The molecule has 1 heterocycles. The number of benzene rings is 2. The fraction of sp³-hybridized carbons (Fsp3) is 0.450. The van der Waals surface area contributed by atoms with E-state index in [2.05, 4.69) is 24.4 Å². The van der Waals surface area contributed by atoms with Crippen molar-refractivity contribution in [2.24, 2.45) is 5.92 Å². The number of fused-ring (bicyclic) bond motifs is 1. The third kappa shape index (κ3) is 5.10. The minimum atomic E-state index is 0. The van der Waals surface area contributed by atoms with Gasteiger partial charge < -0.3 is 15.0 Å². The van der Waals surface area contributed by atoms with E-state index >= 15 is 0 Å². The molecule has 0 aliphatic carbocycles. The van der Waals surface area contributed by atoms with Crippen LogP contribution in [-0.2, 0) is 4.79 Å². The van der Waals surface area contributed by atoms with Crippen LogP contribution >= 0.6 is 12.4 Å². The fourth-order valence-corrected chi connectivity index (χ4v) is 3.29. The third-order valence-electron chi connectivity index (χ3n) is 4.75. The molecule has 136 valence electrons. The summed E-state index contributed by atoms with van der Waals surface area (Å²) in [6.45, 7) is 6.00. The molecule has 5 heteroatoms. The molecule has 0 bridgehead atoms. The maximum Gasteiger partial charge on any atom is 0.260 e. The van der Waals surface area contributed by atoms with Crippen LogP contribution in [0.25, 0.3) is 10.8 Å². The smallest absolute Gasteiger partial charge is 0.260 e. The summed E-state index contributed by atoms with van der Waals surface area (Å²) < 4.78 is 5.82. The molecule has 1 aliphatic rings. The lowest BCUT2D eigenvalue weighted by molar-refractivity contribution is -0.134. The average molecular weight is 363 g/mol. The van der Waals surface area contributed by atoms with Gasteiger partial charge in [0.2, 0.25) is 0 Å². The van der Waals surface area contributed by atoms with Crippen LogP contribution in [0.2, 0.25) is 0 Å². The van der Waals surface area contributed by atoms with E-state index in [1.165, 1.54) is 0 Å². The minimum absolute atomic E-state index is 0. The lowest BCUT2D eigenvalue weighted by Gasteiger charge is -2.32. The third-order valence-corrected chi connectivity index (χ3v) is 4.75. The molecular formula is C20H27ClN2O2. The van der Waals surface area contributed by atoms with Gasteiger partial charge in [0.05, 0.1) is 0 Å². The fourth-order valence-electron chi connectivity index (χ4n) is 3.29. The zero-order valence-electron chi connectivity index (χ0n) is 14.7. The van der Waals surface area contributed by atoms with E-state index < -0.39 is 0 Å². The lowest BCUT2D eigenvalue weighted by Crippen LogP contribution is -2.42. The monoisotopic (exact) mass is 362 g/mol. The van der Waals surface area contributed by atoms with Crippen molar-refractivity contribution in [2.45, 2.75) is 19.8 Å². The normalized spacial score (nSPS) is 15.0. The molecule has 1 amide bonds. The largest absolute Gasteiger partial charge is 0.483 e. The van der Waals surface area contributed by atoms with E-state index in [-0.39, 0.29) is 24.9 Å². The standard InChI is InChI=1S/C20H26N2O2.ClH/c1-2-21-14-16-10-12-22(13-11-16)20(23)15-24-19-9-5-7-17-6-3-4-8-18(17)19;/h3-9,16,21H,2,10-15H2,1H3;1H. The summed E-state index contributed by atoms with van der Waals surface area (Å²) in [6, 6.07) is 14.0. The Morgan fingerprint density at radius 3 is 2.64 bits per heavy atom. The topological polar surface area (TPSA) is 41.6 Å². The molecule has 0 aromatic heterocycles. The van der Waals surface area contributed by atoms with Crippen molar-refractivity contribution in [3.63, 3.8) is 0 Å². The molecule has 0 saturated carbocycles. The van der Waals surface area contributed by atoms with E-state index in [4.69, 9.17) is 4.74 Å². The summed E-state index contributed by atoms with van der Waals surface area (Å²) in [6.07, 6.45) is 2.15. The summed E-state index contributed by atoms with van der Waals surface area (Å²) in [5, 5.41) is 5.58. The van der Waals surface area contributed by atoms with Crippen LogP contribution in [0, 0.1) is 5.92 Å². The lowest BCUT2D eigenvalue weighted by atomic mass is 9.97. The first-order valence-electron chi connectivity index (χ1n) is 8.87. The highest BCUT2D eigenvalue weighted by atomic mass is 35.5. The first kappa shape index (κ1) is 19.5. The molecule has 0 unspecified atom stereocenters. The second-order valence-electron chi connectivity index (χ2n) is 6.40. The summed E-state index contributed by atoms with van der Waals surface area (Å²) >= 11 is 0. The van der Waals surface area contributed by atoms with Crippen LogP contribution in [-0.4, -0.2) is 43.6 Å². The van der Waals surface area contributed by atoms with Crippen molar-refractivity contribution in [2.75, 3.05) is 32.8 Å². The number of rotatable bonds is 6. The summed E-state index contributed by atoms with van der Waals surface area (Å²) in [7, 11) is 0. The number of likely N-dealkylation sites (tertiary alicyclic amines) is 1. The van der Waals surface area contributed by atoms with Crippen molar-refractivity contribution >= 4 is 29.1 Å². The Bertz CT molecular complexity index is 679. The molecule has 2 aromatic rings. The Kier molecular flexibility index (Phi) is 7.53. The zero-order valence-corrected chi connectivity index (χ0v) is 15.6. The van der Waals surface area contributed by atoms with Crippen molar-refractivity contribution in [3.8, 4) is 5.75 Å².